The summed E-state index contributed by atoms with van der Waals surface area (Å²) in [5.74, 6) is -0.148. The van der Waals surface area contributed by atoms with Crippen molar-refractivity contribution in [1.29, 1.82) is 0 Å². The zero-order chi connectivity index (χ0) is 15.7. The Balaban J connectivity index is 1.83. The fourth-order valence-electron chi connectivity index (χ4n) is 2.96. The number of hydrogen-bond donors (Lipinski definition) is 2. The highest BCUT2D eigenvalue weighted by Gasteiger charge is 2.32. The molecule has 7 heteroatoms. The molecule has 2 N–H and O–H groups in total. The average molecular weight is 321 g/mol. The highest BCUT2D eigenvalue weighted by molar-refractivity contribution is 7.89. The van der Waals surface area contributed by atoms with E-state index in [1.807, 2.05) is 24.4 Å². The van der Waals surface area contributed by atoms with E-state index in [1.165, 1.54) is 7.05 Å². The third-order valence-corrected chi connectivity index (χ3v) is 5.61. The fraction of sp³-hybridized carbons (Fsp3) is 0.400. The second-order valence-corrected chi connectivity index (χ2v) is 7.53. The van der Waals surface area contributed by atoms with Crippen molar-refractivity contribution in [1.82, 2.24) is 14.6 Å². The number of sulfonamides is 1. The van der Waals surface area contributed by atoms with Crippen LogP contribution < -0.4 is 4.72 Å². The number of likely N-dealkylation sites (tertiary alicyclic amines) is 1. The maximum atomic E-state index is 12.7. The molecular formula is C15H19N3O3S. The smallest absolute Gasteiger partial charge is 0.254 e. The van der Waals surface area contributed by atoms with Crippen LogP contribution in [0.3, 0.4) is 0 Å². The van der Waals surface area contributed by atoms with Gasteiger partial charge in [0.15, 0.2) is 0 Å². The van der Waals surface area contributed by atoms with Crippen molar-refractivity contribution in [3.63, 3.8) is 0 Å². The van der Waals surface area contributed by atoms with E-state index in [0.29, 0.717) is 12.1 Å². The predicted octanol–water partition coefficient (Wildman–Crippen LogP) is 1.32. The molecule has 0 bridgehead atoms. The van der Waals surface area contributed by atoms with Gasteiger partial charge in [-0.3, -0.25) is 4.79 Å². The number of rotatable bonds is 4. The Hall–Kier alpha value is -1.86. The van der Waals surface area contributed by atoms with Crippen LogP contribution in [-0.4, -0.2) is 49.6 Å². The van der Waals surface area contributed by atoms with Crippen molar-refractivity contribution in [3.05, 3.63) is 36.0 Å². The molecule has 2 aromatic rings. The van der Waals surface area contributed by atoms with Crippen LogP contribution >= 0.6 is 0 Å². The van der Waals surface area contributed by atoms with Gasteiger partial charge < -0.3 is 9.88 Å². The van der Waals surface area contributed by atoms with Crippen LogP contribution in [0.5, 0.6) is 0 Å². The lowest BCUT2D eigenvalue weighted by Gasteiger charge is -2.24. The van der Waals surface area contributed by atoms with Gasteiger partial charge in [0.2, 0.25) is 10.0 Å². The van der Waals surface area contributed by atoms with Crippen LogP contribution in [0.25, 0.3) is 10.9 Å². The quantitative estimate of drug-likeness (QED) is 0.891. The van der Waals surface area contributed by atoms with E-state index in [1.54, 1.807) is 11.0 Å². The SMILES string of the molecule is CNS(=O)(=O)C[C@@H]1CCCN1C(=O)c1ccc2cc[nH]c2c1. The number of hydrogen-bond acceptors (Lipinski definition) is 3. The largest absolute Gasteiger partial charge is 0.361 e. The Morgan fingerprint density at radius 3 is 3.00 bits per heavy atom. The lowest BCUT2D eigenvalue weighted by molar-refractivity contribution is 0.0749. The number of nitrogens with zero attached hydrogens (tertiary/aromatic N) is 1. The first-order valence-electron chi connectivity index (χ1n) is 7.29. The highest BCUT2D eigenvalue weighted by Crippen LogP contribution is 2.23. The molecule has 0 aliphatic carbocycles. The molecule has 1 aliphatic heterocycles. The number of benzene rings is 1. The van der Waals surface area contributed by atoms with E-state index >= 15 is 0 Å². The lowest BCUT2D eigenvalue weighted by Crippen LogP contribution is -2.41. The summed E-state index contributed by atoms with van der Waals surface area (Å²) in [4.78, 5) is 17.5. The van der Waals surface area contributed by atoms with Crippen LogP contribution in [-0.2, 0) is 10.0 Å². The first kappa shape index (κ1) is 15.1. The molecule has 0 unspecified atom stereocenters. The van der Waals surface area contributed by atoms with Crippen LogP contribution in [0.15, 0.2) is 30.5 Å². The molecule has 3 rings (SSSR count). The van der Waals surface area contributed by atoms with Gasteiger partial charge in [-0.2, -0.15) is 0 Å². The third kappa shape index (κ3) is 2.86. The van der Waals surface area contributed by atoms with Crippen LogP contribution in [0.1, 0.15) is 23.2 Å². The van der Waals surface area contributed by atoms with Gasteiger partial charge in [-0.05, 0) is 43.5 Å². The average Bonchev–Trinajstić information content (AvgIpc) is 3.14. The van der Waals surface area contributed by atoms with Crippen LogP contribution in [0, 0.1) is 0 Å². The van der Waals surface area contributed by atoms with Gasteiger partial charge in [0.05, 0.1) is 5.75 Å². The van der Waals surface area contributed by atoms with Crippen molar-refractivity contribution in [2.75, 3.05) is 19.3 Å². The van der Waals surface area contributed by atoms with Gasteiger partial charge >= 0.3 is 0 Å². The summed E-state index contributed by atoms with van der Waals surface area (Å²) in [5, 5.41) is 1.05. The molecule has 1 aliphatic rings. The van der Waals surface area contributed by atoms with Gasteiger partial charge in [-0.1, -0.05) is 6.07 Å². The summed E-state index contributed by atoms with van der Waals surface area (Å²) in [6, 6.07) is 7.19. The van der Waals surface area contributed by atoms with E-state index in [2.05, 4.69) is 9.71 Å². The summed E-state index contributed by atoms with van der Waals surface area (Å²) in [6.45, 7) is 0.603. The Bertz CT molecular complexity index is 797. The molecule has 6 nitrogen and oxygen atoms in total. The van der Waals surface area contributed by atoms with Crippen molar-refractivity contribution in [3.8, 4) is 0 Å². The predicted molar refractivity (Wildman–Crippen MR) is 85.2 cm³/mol. The van der Waals surface area contributed by atoms with Crippen molar-refractivity contribution in [2.45, 2.75) is 18.9 Å². The molecule has 0 radical (unpaired) electrons. The summed E-state index contributed by atoms with van der Waals surface area (Å²) in [6.07, 6.45) is 3.38. The minimum absolute atomic E-state index is 0.0417. The third-order valence-electron chi connectivity index (χ3n) is 4.16. The minimum atomic E-state index is -3.33. The number of aromatic amines is 1. The van der Waals surface area contributed by atoms with Gasteiger partial charge in [0, 0.05) is 29.9 Å². The molecule has 1 aromatic carbocycles. The zero-order valence-electron chi connectivity index (χ0n) is 12.4. The Kier molecular flexibility index (Phi) is 3.92. The number of nitrogens with one attached hydrogen (secondary N) is 2. The minimum Gasteiger partial charge on any atom is -0.361 e. The highest BCUT2D eigenvalue weighted by atomic mass is 32.2. The molecule has 1 fully saturated rings. The summed E-state index contributed by atoms with van der Waals surface area (Å²) in [5.41, 5.74) is 1.49. The second-order valence-electron chi connectivity index (χ2n) is 5.56. The molecule has 0 spiro atoms. The standard InChI is InChI=1S/C15H19N3O3S/c1-16-22(20,21)10-13-3-2-8-18(13)15(19)12-5-4-11-6-7-17-14(11)9-12/h4-7,9,13,16-17H,2-3,8,10H2,1H3/t13-/m0/s1. The number of carbonyl (C=O) groups is 1. The summed E-state index contributed by atoms with van der Waals surface area (Å²) >= 11 is 0. The van der Waals surface area contributed by atoms with E-state index in [-0.39, 0.29) is 17.7 Å². The van der Waals surface area contributed by atoms with Gasteiger partial charge in [-0.15, -0.1) is 0 Å². The monoisotopic (exact) mass is 321 g/mol. The molecule has 0 saturated carbocycles. The Morgan fingerprint density at radius 2 is 2.23 bits per heavy atom. The van der Waals surface area contributed by atoms with Gasteiger partial charge in [0.1, 0.15) is 0 Å². The van der Waals surface area contributed by atoms with Crippen molar-refractivity contribution >= 4 is 26.8 Å². The van der Waals surface area contributed by atoms with Gasteiger partial charge in [0.25, 0.3) is 5.91 Å². The molecule has 22 heavy (non-hydrogen) atoms. The molecule has 2 heterocycles. The van der Waals surface area contributed by atoms with E-state index in [4.69, 9.17) is 0 Å². The Labute approximate surface area is 129 Å². The van der Waals surface area contributed by atoms with E-state index in [9.17, 15) is 13.2 Å². The number of aromatic nitrogens is 1. The number of carbonyl (C=O) groups excluding carboxylic acids is 1. The van der Waals surface area contributed by atoms with Crippen LogP contribution in [0.2, 0.25) is 0 Å². The fourth-order valence-corrected chi connectivity index (χ4v) is 3.98. The molecule has 1 atom stereocenters. The van der Waals surface area contributed by atoms with Crippen LogP contribution in [0.4, 0.5) is 0 Å². The Morgan fingerprint density at radius 1 is 1.41 bits per heavy atom. The molecule has 1 amide bonds. The first-order valence-corrected chi connectivity index (χ1v) is 8.95. The summed E-state index contributed by atoms with van der Waals surface area (Å²) in [7, 11) is -1.93. The second kappa shape index (κ2) is 5.73. The number of amides is 1. The maximum Gasteiger partial charge on any atom is 0.254 e. The van der Waals surface area contributed by atoms with E-state index < -0.39 is 10.0 Å². The first-order chi connectivity index (χ1) is 10.5. The maximum absolute atomic E-state index is 12.7. The van der Waals surface area contributed by atoms with Gasteiger partial charge in [-0.25, -0.2) is 13.1 Å². The molecule has 1 aromatic heterocycles. The number of H-pyrrole nitrogens is 1. The normalized spacial score (nSPS) is 19.0. The zero-order valence-corrected chi connectivity index (χ0v) is 13.2. The van der Waals surface area contributed by atoms with E-state index in [0.717, 1.165) is 23.7 Å². The topological polar surface area (TPSA) is 82.3 Å². The molecular weight excluding hydrogens is 302 g/mol. The van der Waals surface area contributed by atoms with Crippen molar-refractivity contribution < 1.29 is 13.2 Å². The number of fused-ring (bicyclic) bond motifs is 1. The molecule has 118 valence electrons. The lowest BCUT2D eigenvalue weighted by atomic mass is 10.1. The summed E-state index contributed by atoms with van der Waals surface area (Å²) < 4.78 is 25.8. The van der Waals surface area contributed by atoms with Crippen molar-refractivity contribution in [2.24, 2.45) is 0 Å². The molecule has 1 saturated heterocycles.